The molecule has 1 rings (SSSR count). The Balaban J connectivity index is 2.05. The average molecular weight is 589 g/mol. The Kier molecular flexibility index (Phi) is 23.9. The van der Waals surface area contributed by atoms with Crippen molar-refractivity contribution in [2.45, 2.75) is 180 Å². The Morgan fingerprint density at radius 1 is 0.692 bits per heavy atom. The van der Waals surface area contributed by atoms with Crippen LogP contribution in [0.3, 0.4) is 0 Å². The minimum atomic E-state index is -0.963. The predicted octanol–water partition coefficient (Wildman–Crippen LogP) is 8.79. The molecule has 1 fully saturated rings. The van der Waals surface area contributed by atoms with Crippen molar-refractivity contribution in [3.05, 3.63) is 0 Å². The molecule has 0 aromatic rings. The van der Waals surface area contributed by atoms with Gasteiger partial charge in [0.2, 0.25) is 0 Å². The summed E-state index contributed by atoms with van der Waals surface area (Å²) in [6.07, 6.45) is 23.8. The van der Waals surface area contributed by atoms with Gasteiger partial charge in [0.15, 0.2) is 16.2 Å². The van der Waals surface area contributed by atoms with E-state index in [0.29, 0.717) is 10.1 Å². The van der Waals surface area contributed by atoms with Crippen molar-refractivity contribution < 1.29 is 24.4 Å². The molecule has 1 heterocycles. The molecular formula is C32H60O5S2. The first-order valence-electron chi connectivity index (χ1n) is 16.3. The van der Waals surface area contributed by atoms with Crippen molar-refractivity contribution in [3.63, 3.8) is 0 Å². The maximum atomic E-state index is 10.6. The van der Waals surface area contributed by atoms with Crippen molar-refractivity contribution in [2.75, 3.05) is 13.2 Å². The summed E-state index contributed by atoms with van der Waals surface area (Å²) in [4.78, 5) is 0. The van der Waals surface area contributed by atoms with Crippen LogP contribution in [0.4, 0.5) is 0 Å². The van der Waals surface area contributed by atoms with Crippen molar-refractivity contribution in [3.8, 4) is 0 Å². The average Bonchev–Trinajstić information content (AvgIpc) is 3.29. The quantitative estimate of drug-likeness (QED) is 0.0773. The summed E-state index contributed by atoms with van der Waals surface area (Å²) in [5.41, 5.74) is 0. The van der Waals surface area contributed by atoms with Gasteiger partial charge >= 0.3 is 0 Å². The number of aliphatic hydroxyl groups excluding tert-OH is 2. The highest BCUT2D eigenvalue weighted by Crippen LogP contribution is 2.22. The van der Waals surface area contributed by atoms with E-state index >= 15 is 0 Å². The van der Waals surface area contributed by atoms with Gasteiger partial charge in [-0.2, -0.15) is 0 Å². The second-order valence-electron chi connectivity index (χ2n) is 11.4. The van der Waals surface area contributed by atoms with Gasteiger partial charge in [0.05, 0.1) is 6.61 Å². The molecule has 2 N–H and O–H groups in total. The Labute approximate surface area is 251 Å². The molecular weight excluding hydrogens is 528 g/mol. The molecule has 5 nitrogen and oxygen atoms in total. The number of unbranched alkanes of at least 4 members (excludes halogenated alkanes) is 18. The number of thiocarbonyl (C=S) groups is 2. The van der Waals surface area contributed by atoms with Crippen LogP contribution < -0.4 is 0 Å². The largest absolute Gasteiger partial charge is 0.484 e. The van der Waals surface area contributed by atoms with E-state index in [1.807, 2.05) is 0 Å². The lowest BCUT2D eigenvalue weighted by Crippen LogP contribution is -2.42. The molecule has 0 bridgehead atoms. The highest BCUT2D eigenvalue weighted by molar-refractivity contribution is 7.80. The Hall–Kier alpha value is -0.340. The Morgan fingerprint density at radius 2 is 1.10 bits per heavy atom. The van der Waals surface area contributed by atoms with Gasteiger partial charge in [-0.25, -0.2) is 0 Å². The number of rotatable bonds is 26. The molecule has 39 heavy (non-hydrogen) atoms. The third-order valence-corrected chi connectivity index (χ3v) is 8.34. The van der Waals surface area contributed by atoms with E-state index in [0.717, 1.165) is 38.5 Å². The lowest BCUT2D eigenvalue weighted by Gasteiger charge is -2.23. The molecule has 0 amide bonds. The van der Waals surface area contributed by atoms with E-state index in [9.17, 15) is 10.2 Å². The highest BCUT2D eigenvalue weighted by atomic mass is 32.1. The maximum Gasteiger partial charge on any atom is 0.160 e. The molecule has 0 spiro atoms. The molecule has 230 valence electrons. The first-order chi connectivity index (χ1) is 19.0. The van der Waals surface area contributed by atoms with Crippen molar-refractivity contribution in [2.24, 2.45) is 0 Å². The molecule has 0 radical (unpaired) electrons. The zero-order valence-corrected chi connectivity index (χ0v) is 26.8. The summed E-state index contributed by atoms with van der Waals surface area (Å²) in [5.74, 6) is 0. The lowest BCUT2D eigenvalue weighted by atomic mass is 10.1. The van der Waals surface area contributed by atoms with Crippen molar-refractivity contribution in [1.82, 2.24) is 0 Å². The highest BCUT2D eigenvalue weighted by Gasteiger charge is 2.42. The van der Waals surface area contributed by atoms with E-state index in [1.54, 1.807) is 0 Å². The van der Waals surface area contributed by atoms with E-state index in [1.165, 1.54) is 103 Å². The molecule has 0 aromatic carbocycles. The van der Waals surface area contributed by atoms with Crippen LogP contribution in [0.2, 0.25) is 0 Å². The van der Waals surface area contributed by atoms with Gasteiger partial charge in [-0.1, -0.05) is 129 Å². The third-order valence-electron chi connectivity index (χ3n) is 7.72. The molecule has 0 saturated carbocycles. The van der Waals surface area contributed by atoms with E-state index < -0.39 is 24.4 Å². The van der Waals surface area contributed by atoms with E-state index in [2.05, 4.69) is 13.8 Å². The van der Waals surface area contributed by atoms with Gasteiger partial charge in [-0.15, -0.1) is 0 Å². The fraction of sp³-hybridized carbons (Fsp3) is 0.938. The molecule has 1 aliphatic heterocycles. The van der Waals surface area contributed by atoms with Crippen LogP contribution in [0.25, 0.3) is 0 Å². The van der Waals surface area contributed by atoms with Crippen LogP contribution in [-0.2, 0) is 14.2 Å². The van der Waals surface area contributed by atoms with Gasteiger partial charge < -0.3 is 24.4 Å². The molecule has 1 saturated heterocycles. The number of hydrogen-bond donors (Lipinski definition) is 2. The summed E-state index contributed by atoms with van der Waals surface area (Å²) in [5, 5.41) is 22.2. The second-order valence-corrected chi connectivity index (χ2v) is 12.3. The minimum Gasteiger partial charge on any atom is -0.484 e. The molecule has 0 aliphatic carbocycles. The SMILES string of the molecule is CCCCCCCCCCCCC(=S)OC[C@H](O)[C@H]1OC[C@@H](OC(=S)CCCCCCCCCCCC)[C@H]1O. The molecule has 4 atom stereocenters. The summed E-state index contributed by atoms with van der Waals surface area (Å²) < 4.78 is 17.1. The Morgan fingerprint density at radius 3 is 1.56 bits per heavy atom. The van der Waals surface area contributed by atoms with Gasteiger partial charge in [0.25, 0.3) is 0 Å². The van der Waals surface area contributed by atoms with Crippen LogP contribution in [0, 0.1) is 0 Å². The van der Waals surface area contributed by atoms with Gasteiger partial charge in [0, 0.05) is 12.8 Å². The van der Waals surface area contributed by atoms with Crippen LogP contribution >= 0.6 is 24.4 Å². The normalized spacial score (nSPS) is 19.7. The monoisotopic (exact) mass is 588 g/mol. The zero-order valence-electron chi connectivity index (χ0n) is 25.2. The van der Waals surface area contributed by atoms with Crippen LogP contribution in [0.1, 0.15) is 155 Å². The standard InChI is InChI=1S/C32H60O5S2/c1-3-5-7-9-11-13-15-17-19-21-23-29(38)35-25-27(33)32-31(34)28(26-36-32)37-30(39)24-22-20-18-16-14-12-10-8-6-4-2/h27-28,31-34H,3-26H2,1-2H3/t27-,28+,31+,32+/m0/s1. The second kappa shape index (κ2) is 25.4. The lowest BCUT2D eigenvalue weighted by molar-refractivity contribution is -0.0657. The fourth-order valence-electron chi connectivity index (χ4n) is 5.14. The zero-order chi connectivity index (χ0) is 28.6. The van der Waals surface area contributed by atoms with Crippen molar-refractivity contribution in [1.29, 1.82) is 0 Å². The van der Waals surface area contributed by atoms with E-state index in [-0.39, 0.29) is 13.2 Å². The number of aliphatic hydroxyl groups is 2. The van der Waals surface area contributed by atoms with Gasteiger partial charge in [-0.05, 0) is 37.3 Å². The third kappa shape index (κ3) is 19.4. The molecule has 1 aliphatic rings. The first-order valence-corrected chi connectivity index (χ1v) is 17.1. The van der Waals surface area contributed by atoms with Crippen molar-refractivity contribution >= 4 is 34.5 Å². The summed E-state index contributed by atoms with van der Waals surface area (Å²) in [6.45, 7) is 4.74. The number of ether oxygens (including phenoxy) is 3. The fourth-order valence-corrected chi connectivity index (χ4v) is 5.62. The minimum absolute atomic E-state index is 0.0219. The van der Waals surface area contributed by atoms with E-state index in [4.69, 9.17) is 38.6 Å². The van der Waals surface area contributed by atoms with Crippen LogP contribution in [0.5, 0.6) is 0 Å². The molecule has 0 aromatic heterocycles. The Bertz CT molecular complexity index is 603. The molecule has 7 heteroatoms. The van der Waals surface area contributed by atoms with Gasteiger partial charge in [0.1, 0.15) is 24.9 Å². The van der Waals surface area contributed by atoms with Gasteiger partial charge in [-0.3, -0.25) is 0 Å². The summed E-state index contributed by atoms with van der Waals surface area (Å²) in [7, 11) is 0. The predicted molar refractivity (Wildman–Crippen MR) is 171 cm³/mol. The summed E-state index contributed by atoms with van der Waals surface area (Å²) in [6, 6.07) is 0. The topological polar surface area (TPSA) is 68.2 Å². The number of hydrogen-bond acceptors (Lipinski definition) is 7. The first kappa shape index (κ1) is 36.7. The van der Waals surface area contributed by atoms with Crippen LogP contribution in [0.15, 0.2) is 0 Å². The molecule has 0 unspecified atom stereocenters. The summed E-state index contributed by atoms with van der Waals surface area (Å²) >= 11 is 10.7. The smallest absolute Gasteiger partial charge is 0.160 e. The van der Waals surface area contributed by atoms with Crippen LogP contribution in [-0.4, -0.2) is 57.9 Å². The maximum absolute atomic E-state index is 10.6.